The van der Waals surface area contributed by atoms with Crippen LogP contribution in [0.3, 0.4) is 0 Å². The Balaban J connectivity index is 1.92. The average molecular weight is 224 g/mol. The topological polar surface area (TPSA) is 52.0 Å². The normalized spacial score (nSPS) is 46.3. The van der Waals surface area contributed by atoms with Crippen molar-refractivity contribution >= 4 is 0 Å². The van der Waals surface area contributed by atoms with Crippen molar-refractivity contribution in [1.82, 2.24) is 0 Å². The maximum absolute atomic E-state index is 6.23. The van der Waals surface area contributed by atoms with E-state index in [4.69, 9.17) is 11.5 Å². The summed E-state index contributed by atoms with van der Waals surface area (Å²) < 4.78 is 0. The first-order chi connectivity index (χ1) is 7.65. The van der Waals surface area contributed by atoms with E-state index >= 15 is 0 Å². The number of hydrogen-bond donors (Lipinski definition) is 2. The van der Waals surface area contributed by atoms with Gasteiger partial charge in [0, 0.05) is 12.1 Å². The van der Waals surface area contributed by atoms with Gasteiger partial charge in [0.05, 0.1) is 0 Å². The third-order valence-electron chi connectivity index (χ3n) is 4.76. The minimum Gasteiger partial charge on any atom is -0.328 e. The monoisotopic (exact) mass is 224 g/mol. The van der Waals surface area contributed by atoms with E-state index in [1.807, 2.05) is 0 Å². The van der Waals surface area contributed by atoms with Gasteiger partial charge < -0.3 is 11.5 Å². The molecule has 94 valence electrons. The first kappa shape index (κ1) is 12.4. The summed E-state index contributed by atoms with van der Waals surface area (Å²) in [6.07, 6.45) is 10.5. The Kier molecular flexibility index (Phi) is 4.26. The first-order valence-corrected chi connectivity index (χ1v) is 7.16. The zero-order valence-corrected chi connectivity index (χ0v) is 10.7. The molecule has 0 aliphatic heterocycles. The molecule has 0 aromatic carbocycles. The Morgan fingerprint density at radius 3 is 2.19 bits per heavy atom. The summed E-state index contributed by atoms with van der Waals surface area (Å²) in [6.45, 7) is 2.36. The lowest BCUT2D eigenvalue weighted by molar-refractivity contribution is 0.205. The molecule has 16 heavy (non-hydrogen) atoms. The van der Waals surface area contributed by atoms with E-state index in [0.717, 1.165) is 17.8 Å². The predicted molar refractivity (Wildman–Crippen MR) is 69.0 cm³/mol. The molecule has 0 radical (unpaired) electrons. The van der Waals surface area contributed by atoms with Crippen molar-refractivity contribution in [3.63, 3.8) is 0 Å². The molecule has 0 bridgehead atoms. The van der Waals surface area contributed by atoms with Crippen molar-refractivity contribution in [1.29, 1.82) is 0 Å². The molecule has 5 unspecified atom stereocenters. The molecule has 2 aliphatic carbocycles. The summed E-state index contributed by atoms with van der Waals surface area (Å²) in [4.78, 5) is 0. The summed E-state index contributed by atoms with van der Waals surface area (Å²) in [5.74, 6) is 2.57. The summed E-state index contributed by atoms with van der Waals surface area (Å²) >= 11 is 0. The fourth-order valence-corrected chi connectivity index (χ4v) is 3.86. The van der Waals surface area contributed by atoms with Crippen LogP contribution in [0.4, 0.5) is 0 Å². The van der Waals surface area contributed by atoms with Crippen LogP contribution < -0.4 is 11.5 Å². The Labute approximate surface area is 100 Å². The quantitative estimate of drug-likeness (QED) is 0.673. The number of hydrogen-bond acceptors (Lipinski definition) is 2. The van der Waals surface area contributed by atoms with E-state index in [1.165, 1.54) is 51.4 Å². The van der Waals surface area contributed by atoms with Crippen LogP contribution in [0.2, 0.25) is 0 Å². The first-order valence-electron chi connectivity index (χ1n) is 7.16. The molecule has 2 saturated carbocycles. The molecule has 2 aliphatic rings. The van der Waals surface area contributed by atoms with Crippen LogP contribution in [0.1, 0.15) is 58.3 Å². The molecule has 4 N–H and O–H groups in total. The molecule has 0 amide bonds. The maximum atomic E-state index is 6.23. The second-order valence-electron chi connectivity index (χ2n) is 6.36. The molecule has 2 rings (SSSR count). The average Bonchev–Trinajstić information content (AvgIpc) is 2.39. The fraction of sp³-hybridized carbons (Fsp3) is 1.00. The molecular formula is C14H28N2. The van der Waals surface area contributed by atoms with Crippen molar-refractivity contribution in [3.8, 4) is 0 Å². The van der Waals surface area contributed by atoms with Crippen LogP contribution >= 0.6 is 0 Å². The summed E-state index contributed by atoms with van der Waals surface area (Å²) in [5, 5.41) is 0. The third kappa shape index (κ3) is 3.21. The van der Waals surface area contributed by atoms with Crippen molar-refractivity contribution in [2.45, 2.75) is 70.4 Å². The lowest BCUT2D eigenvalue weighted by atomic mass is 9.75. The van der Waals surface area contributed by atoms with Crippen LogP contribution in [-0.4, -0.2) is 12.1 Å². The van der Waals surface area contributed by atoms with Gasteiger partial charge in [-0.3, -0.25) is 0 Å². The third-order valence-corrected chi connectivity index (χ3v) is 4.76. The number of rotatable bonds is 1. The zero-order valence-electron chi connectivity index (χ0n) is 10.7. The fourth-order valence-electron chi connectivity index (χ4n) is 3.86. The van der Waals surface area contributed by atoms with Crippen molar-refractivity contribution in [2.75, 3.05) is 0 Å². The standard InChI is InChI=1S/C14H28N2/c1-10-5-6-12(9-14(16)7-10)11-3-2-4-13(15)8-11/h10-14H,2-9,15-16H2,1H3. The summed E-state index contributed by atoms with van der Waals surface area (Å²) in [6, 6.07) is 0.913. The van der Waals surface area contributed by atoms with Gasteiger partial charge in [0.15, 0.2) is 0 Å². The van der Waals surface area contributed by atoms with Gasteiger partial charge in [-0.1, -0.05) is 26.2 Å². The van der Waals surface area contributed by atoms with Gasteiger partial charge >= 0.3 is 0 Å². The van der Waals surface area contributed by atoms with Gasteiger partial charge in [-0.05, 0) is 49.9 Å². The second kappa shape index (κ2) is 5.50. The van der Waals surface area contributed by atoms with E-state index in [9.17, 15) is 0 Å². The highest BCUT2D eigenvalue weighted by Gasteiger charge is 2.30. The van der Waals surface area contributed by atoms with Crippen molar-refractivity contribution in [2.24, 2.45) is 29.2 Å². The molecule has 0 aromatic heterocycles. The van der Waals surface area contributed by atoms with Gasteiger partial charge in [-0.25, -0.2) is 0 Å². The maximum Gasteiger partial charge on any atom is 0.00441 e. The highest BCUT2D eigenvalue weighted by Crippen LogP contribution is 2.38. The highest BCUT2D eigenvalue weighted by atomic mass is 14.7. The van der Waals surface area contributed by atoms with Crippen LogP contribution in [0.15, 0.2) is 0 Å². The number of nitrogens with two attached hydrogens (primary N) is 2. The largest absolute Gasteiger partial charge is 0.328 e. The SMILES string of the molecule is CC1CCC(C2CCCC(N)C2)CC(N)C1. The molecule has 2 nitrogen and oxygen atoms in total. The lowest BCUT2D eigenvalue weighted by Crippen LogP contribution is -2.33. The van der Waals surface area contributed by atoms with Gasteiger partial charge in [-0.2, -0.15) is 0 Å². The van der Waals surface area contributed by atoms with Crippen molar-refractivity contribution < 1.29 is 0 Å². The van der Waals surface area contributed by atoms with Crippen LogP contribution in [0.5, 0.6) is 0 Å². The Bertz CT molecular complexity index is 217. The minimum absolute atomic E-state index is 0.445. The van der Waals surface area contributed by atoms with E-state index in [0.29, 0.717) is 12.1 Å². The van der Waals surface area contributed by atoms with Crippen molar-refractivity contribution in [3.05, 3.63) is 0 Å². The molecule has 0 heterocycles. The summed E-state index contributed by atoms with van der Waals surface area (Å²) in [5.41, 5.74) is 12.3. The van der Waals surface area contributed by atoms with Gasteiger partial charge in [0.25, 0.3) is 0 Å². The minimum atomic E-state index is 0.445. The smallest absolute Gasteiger partial charge is 0.00441 e. The zero-order chi connectivity index (χ0) is 11.5. The Morgan fingerprint density at radius 2 is 1.44 bits per heavy atom. The summed E-state index contributed by atoms with van der Waals surface area (Å²) in [7, 11) is 0. The van der Waals surface area contributed by atoms with E-state index in [2.05, 4.69) is 6.92 Å². The van der Waals surface area contributed by atoms with Crippen LogP contribution in [-0.2, 0) is 0 Å². The Hall–Kier alpha value is -0.0800. The molecular weight excluding hydrogens is 196 g/mol. The predicted octanol–water partition coefficient (Wildman–Crippen LogP) is 2.66. The van der Waals surface area contributed by atoms with Crippen LogP contribution in [0, 0.1) is 17.8 Å². The van der Waals surface area contributed by atoms with Gasteiger partial charge in [0.1, 0.15) is 0 Å². The second-order valence-corrected chi connectivity index (χ2v) is 6.36. The molecule has 2 fully saturated rings. The lowest BCUT2D eigenvalue weighted by Gasteiger charge is -2.33. The van der Waals surface area contributed by atoms with Gasteiger partial charge in [-0.15, -0.1) is 0 Å². The van der Waals surface area contributed by atoms with Gasteiger partial charge in [0.2, 0.25) is 0 Å². The van der Waals surface area contributed by atoms with E-state index < -0.39 is 0 Å². The van der Waals surface area contributed by atoms with Crippen LogP contribution in [0.25, 0.3) is 0 Å². The molecule has 5 atom stereocenters. The molecule has 0 saturated heterocycles. The molecule has 0 aromatic rings. The molecule has 2 heteroatoms. The van der Waals surface area contributed by atoms with E-state index in [1.54, 1.807) is 0 Å². The highest BCUT2D eigenvalue weighted by molar-refractivity contribution is 4.85. The molecule has 0 spiro atoms. The Morgan fingerprint density at radius 1 is 0.750 bits per heavy atom. The van der Waals surface area contributed by atoms with E-state index in [-0.39, 0.29) is 0 Å².